The van der Waals surface area contributed by atoms with Crippen LogP contribution in [0.1, 0.15) is 42.6 Å². The van der Waals surface area contributed by atoms with Gasteiger partial charge in [0.05, 0.1) is 11.1 Å². The van der Waals surface area contributed by atoms with Crippen molar-refractivity contribution in [3.63, 3.8) is 0 Å². The molecule has 6 heteroatoms. The average Bonchev–Trinajstić information content (AvgIpc) is 2.65. The molecule has 2 N–H and O–H groups in total. The molecule has 3 aromatic rings. The monoisotopic (exact) mass is 397 g/mol. The van der Waals surface area contributed by atoms with E-state index in [4.69, 9.17) is 17.3 Å². The maximum Gasteiger partial charge on any atom is 0.260 e. The number of carbonyl (C=O) groups is 1. The molecule has 0 aliphatic rings. The lowest BCUT2D eigenvalue weighted by molar-refractivity contribution is 0.0994. The van der Waals surface area contributed by atoms with Gasteiger partial charge in [-0.3, -0.25) is 9.59 Å². The van der Waals surface area contributed by atoms with Crippen LogP contribution in [-0.4, -0.2) is 17.5 Å². The van der Waals surface area contributed by atoms with Gasteiger partial charge in [0.1, 0.15) is 0 Å². The number of nitrogens with two attached hydrogens (primary N) is 1. The molecular weight excluding hydrogens is 374 g/mol. The molecule has 0 saturated carbocycles. The lowest BCUT2D eigenvalue weighted by Crippen LogP contribution is -2.27. The number of hydrogen-bond donors (Lipinski definition) is 1. The number of carbonyl (C=O) groups excluding carboxylic acids is 1. The van der Waals surface area contributed by atoms with Gasteiger partial charge in [0.15, 0.2) is 0 Å². The maximum atomic E-state index is 13.0. The van der Waals surface area contributed by atoms with E-state index in [0.29, 0.717) is 22.8 Å². The van der Waals surface area contributed by atoms with Crippen molar-refractivity contribution in [3.8, 4) is 0 Å². The minimum Gasteiger partial charge on any atom is -0.398 e. The van der Waals surface area contributed by atoms with Gasteiger partial charge in [0, 0.05) is 41.4 Å². The minimum atomic E-state index is -0.219. The molecule has 5 nitrogen and oxygen atoms in total. The van der Waals surface area contributed by atoms with E-state index in [-0.39, 0.29) is 17.4 Å². The largest absolute Gasteiger partial charge is 0.398 e. The van der Waals surface area contributed by atoms with Crippen LogP contribution < -0.4 is 16.2 Å². The third kappa shape index (κ3) is 3.50. The molecule has 28 heavy (non-hydrogen) atoms. The van der Waals surface area contributed by atoms with Crippen LogP contribution in [0.2, 0.25) is 5.02 Å². The van der Waals surface area contributed by atoms with E-state index in [2.05, 4.69) is 13.8 Å². The molecule has 3 rings (SSSR count). The normalized spacial score (nSPS) is 11.2. The van der Waals surface area contributed by atoms with E-state index < -0.39 is 0 Å². The maximum absolute atomic E-state index is 13.0. The average molecular weight is 398 g/mol. The summed E-state index contributed by atoms with van der Waals surface area (Å²) in [6.45, 7) is 6.65. The number of nitrogens with zero attached hydrogens (tertiary/aromatic N) is 2. The second kappa shape index (κ2) is 7.68. The Morgan fingerprint density at radius 3 is 2.50 bits per heavy atom. The molecule has 146 valence electrons. The highest BCUT2D eigenvalue weighted by molar-refractivity contribution is 6.31. The van der Waals surface area contributed by atoms with Crippen molar-refractivity contribution < 1.29 is 4.79 Å². The Labute approximate surface area is 169 Å². The summed E-state index contributed by atoms with van der Waals surface area (Å²) in [4.78, 5) is 27.0. The van der Waals surface area contributed by atoms with E-state index in [1.807, 2.05) is 25.1 Å². The van der Waals surface area contributed by atoms with Gasteiger partial charge in [0.2, 0.25) is 0 Å². The number of pyridine rings is 1. The SMILES string of the molecule is CCn1c(=O)cc(C(C)C)c2cc(N(C)C(=O)c3ccc(Cl)cc3N)ccc21. The highest BCUT2D eigenvalue weighted by atomic mass is 35.5. The molecule has 0 spiro atoms. The smallest absolute Gasteiger partial charge is 0.260 e. The Morgan fingerprint density at radius 1 is 1.18 bits per heavy atom. The molecule has 0 atom stereocenters. The van der Waals surface area contributed by atoms with E-state index in [0.717, 1.165) is 22.2 Å². The van der Waals surface area contributed by atoms with Crippen LogP contribution in [0.15, 0.2) is 47.3 Å². The zero-order valence-corrected chi connectivity index (χ0v) is 17.2. The number of rotatable bonds is 4. The molecule has 1 heterocycles. The summed E-state index contributed by atoms with van der Waals surface area (Å²) in [7, 11) is 1.71. The minimum absolute atomic E-state index is 0.00943. The zero-order chi connectivity index (χ0) is 20.6. The number of aryl methyl sites for hydroxylation is 1. The molecule has 0 fully saturated rings. The van der Waals surface area contributed by atoms with Crippen molar-refractivity contribution in [1.82, 2.24) is 4.57 Å². The van der Waals surface area contributed by atoms with Crippen molar-refractivity contribution in [2.75, 3.05) is 17.7 Å². The Kier molecular flexibility index (Phi) is 5.47. The van der Waals surface area contributed by atoms with Gasteiger partial charge in [-0.05, 0) is 54.8 Å². The number of fused-ring (bicyclic) bond motifs is 1. The first-order valence-corrected chi connectivity index (χ1v) is 9.63. The van der Waals surface area contributed by atoms with Gasteiger partial charge in [-0.1, -0.05) is 25.4 Å². The summed E-state index contributed by atoms with van der Waals surface area (Å²) >= 11 is 5.94. The van der Waals surface area contributed by atoms with Crippen molar-refractivity contribution in [2.45, 2.75) is 33.2 Å². The second-order valence-corrected chi connectivity index (χ2v) is 7.57. The van der Waals surface area contributed by atoms with Crippen LogP contribution in [-0.2, 0) is 6.54 Å². The topological polar surface area (TPSA) is 68.3 Å². The van der Waals surface area contributed by atoms with Crippen molar-refractivity contribution in [1.29, 1.82) is 0 Å². The van der Waals surface area contributed by atoms with Crippen LogP contribution in [0.3, 0.4) is 0 Å². The van der Waals surface area contributed by atoms with Crippen LogP contribution in [0.25, 0.3) is 10.9 Å². The fourth-order valence-corrected chi connectivity index (χ4v) is 3.62. The highest BCUT2D eigenvalue weighted by Crippen LogP contribution is 2.29. The lowest BCUT2D eigenvalue weighted by atomic mass is 9.98. The number of hydrogen-bond acceptors (Lipinski definition) is 3. The van der Waals surface area contributed by atoms with Gasteiger partial charge in [-0.25, -0.2) is 0 Å². The van der Waals surface area contributed by atoms with Crippen molar-refractivity contribution in [3.05, 3.63) is 69.0 Å². The lowest BCUT2D eigenvalue weighted by Gasteiger charge is -2.21. The predicted molar refractivity (Wildman–Crippen MR) is 117 cm³/mol. The molecule has 0 aliphatic heterocycles. The number of aromatic nitrogens is 1. The quantitative estimate of drug-likeness (QED) is 0.651. The molecular formula is C22H24ClN3O2. The van der Waals surface area contributed by atoms with E-state index >= 15 is 0 Å². The first kappa shape index (κ1) is 20.0. The third-order valence-corrected chi connectivity index (χ3v) is 5.24. The number of nitrogen functional groups attached to an aromatic ring is 1. The summed E-state index contributed by atoms with van der Waals surface area (Å²) < 4.78 is 1.74. The van der Waals surface area contributed by atoms with E-state index in [9.17, 15) is 9.59 Å². The number of benzene rings is 2. The Hall–Kier alpha value is -2.79. The Bertz CT molecular complexity index is 1120. The molecule has 0 bridgehead atoms. The first-order chi connectivity index (χ1) is 13.2. The second-order valence-electron chi connectivity index (χ2n) is 7.13. The summed E-state index contributed by atoms with van der Waals surface area (Å²) in [6, 6.07) is 12.2. The summed E-state index contributed by atoms with van der Waals surface area (Å²) in [6.07, 6.45) is 0. The van der Waals surface area contributed by atoms with Crippen molar-refractivity contribution in [2.24, 2.45) is 0 Å². The predicted octanol–water partition coefficient (Wildman–Crippen LogP) is 4.66. The standard InChI is InChI=1S/C22H24ClN3O2/c1-5-26-20-9-7-15(11-18(20)17(13(2)3)12-21(26)27)25(4)22(28)16-8-6-14(23)10-19(16)24/h6-13H,5,24H2,1-4H3. The van der Waals surface area contributed by atoms with Crippen molar-refractivity contribution >= 4 is 39.8 Å². The third-order valence-electron chi connectivity index (χ3n) is 5.00. The van der Waals surface area contributed by atoms with Crippen LogP contribution >= 0.6 is 11.6 Å². The number of amides is 1. The molecule has 0 radical (unpaired) electrons. The fourth-order valence-electron chi connectivity index (χ4n) is 3.44. The van der Waals surface area contributed by atoms with Crippen LogP contribution in [0.5, 0.6) is 0 Å². The van der Waals surface area contributed by atoms with Gasteiger partial charge < -0.3 is 15.2 Å². The van der Waals surface area contributed by atoms with Gasteiger partial charge in [-0.15, -0.1) is 0 Å². The summed E-state index contributed by atoms with van der Waals surface area (Å²) in [5, 5.41) is 1.46. The molecule has 1 amide bonds. The summed E-state index contributed by atoms with van der Waals surface area (Å²) in [5.74, 6) is -0.0340. The van der Waals surface area contributed by atoms with Gasteiger partial charge >= 0.3 is 0 Å². The van der Waals surface area contributed by atoms with Crippen LogP contribution in [0, 0.1) is 0 Å². The van der Waals surface area contributed by atoms with E-state index in [1.165, 1.54) is 0 Å². The Morgan fingerprint density at radius 2 is 1.89 bits per heavy atom. The Balaban J connectivity index is 2.13. The summed E-state index contributed by atoms with van der Waals surface area (Å²) in [5.41, 5.74) is 9.28. The molecule has 0 aliphatic carbocycles. The van der Waals surface area contributed by atoms with Gasteiger partial charge in [0.25, 0.3) is 11.5 Å². The van der Waals surface area contributed by atoms with Crippen LogP contribution in [0.4, 0.5) is 11.4 Å². The highest BCUT2D eigenvalue weighted by Gasteiger charge is 2.18. The first-order valence-electron chi connectivity index (χ1n) is 9.25. The van der Waals surface area contributed by atoms with E-state index in [1.54, 1.807) is 40.8 Å². The fraction of sp³-hybridized carbons (Fsp3) is 0.273. The molecule has 0 saturated heterocycles. The molecule has 2 aromatic carbocycles. The number of halogens is 1. The zero-order valence-electron chi connectivity index (χ0n) is 16.5. The molecule has 1 aromatic heterocycles. The van der Waals surface area contributed by atoms with Gasteiger partial charge in [-0.2, -0.15) is 0 Å². The molecule has 0 unspecified atom stereocenters. The number of anilines is 2.